The van der Waals surface area contributed by atoms with Crippen LogP contribution in [0.3, 0.4) is 0 Å². The van der Waals surface area contributed by atoms with Gasteiger partial charge in [-0.05, 0) is 23.8 Å². The largest absolute Gasteiger partial charge is 0.493 e. The van der Waals surface area contributed by atoms with Crippen molar-refractivity contribution < 1.29 is 14.8 Å². The average Bonchev–Trinajstić information content (AvgIpc) is 3.03. The molecule has 1 N–H and O–H groups in total. The lowest BCUT2D eigenvalue weighted by molar-refractivity contribution is -0.384. The van der Waals surface area contributed by atoms with Gasteiger partial charge in [-0.1, -0.05) is 54.1 Å². The van der Waals surface area contributed by atoms with E-state index in [2.05, 4.69) is 10.2 Å². The van der Waals surface area contributed by atoms with E-state index in [0.717, 1.165) is 5.56 Å². The van der Waals surface area contributed by atoms with Crippen molar-refractivity contribution in [1.29, 1.82) is 0 Å². The number of fused-ring (bicyclic) bond motifs is 1. The number of hydrogen-bond donors (Lipinski definition) is 1. The van der Waals surface area contributed by atoms with Gasteiger partial charge < -0.3 is 9.67 Å². The van der Waals surface area contributed by atoms with Crippen LogP contribution >= 0.6 is 11.6 Å². The number of carbonyl (C=O) groups is 1. The molecule has 154 valence electrons. The summed E-state index contributed by atoms with van der Waals surface area (Å²) in [5.74, 6) is -0.950. The van der Waals surface area contributed by atoms with Crippen molar-refractivity contribution in [1.82, 2.24) is 4.57 Å². The fourth-order valence-corrected chi connectivity index (χ4v) is 3.45. The molecule has 0 saturated heterocycles. The van der Waals surface area contributed by atoms with Gasteiger partial charge in [-0.15, -0.1) is 10.2 Å². The zero-order valence-electron chi connectivity index (χ0n) is 16.0. The molecule has 4 rings (SSSR count). The zero-order valence-corrected chi connectivity index (χ0v) is 16.7. The van der Waals surface area contributed by atoms with Crippen molar-refractivity contribution >= 4 is 39.8 Å². The summed E-state index contributed by atoms with van der Waals surface area (Å²) >= 11 is 6.03. The van der Waals surface area contributed by atoms with Gasteiger partial charge >= 0.3 is 0 Å². The van der Waals surface area contributed by atoms with Crippen LogP contribution in [0.4, 0.5) is 11.4 Å². The smallest absolute Gasteiger partial charge is 0.296 e. The predicted molar refractivity (Wildman–Crippen MR) is 116 cm³/mol. The van der Waals surface area contributed by atoms with Crippen molar-refractivity contribution in [3.05, 3.63) is 99.1 Å². The Bertz CT molecular complexity index is 1330. The highest BCUT2D eigenvalue weighted by Crippen LogP contribution is 2.41. The molecule has 0 aliphatic carbocycles. The highest BCUT2D eigenvalue weighted by Gasteiger charge is 2.20. The van der Waals surface area contributed by atoms with Crippen molar-refractivity contribution in [2.24, 2.45) is 10.2 Å². The minimum atomic E-state index is -0.695. The van der Waals surface area contributed by atoms with Gasteiger partial charge in [-0.3, -0.25) is 14.9 Å². The summed E-state index contributed by atoms with van der Waals surface area (Å²) < 4.78 is 1.56. The van der Waals surface area contributed by atoms with Crippen LogP contribution in [0.2, 0.25) is 5.02 Å². The van der Waals surface area contributed by atoms with Gasteiger partial charge in [-0.2, -0.15) is 0 Å². The molecular weight excluding hydrogens is 420 g/mol. The number of benzene rings is 3. The minimum absolute atomic E-state index is 0.0324. The number of nitrogens with zero attached hydrogens (tertiary/aromatic N) is 4. The lowest BCUT2D eigenvalue weighted by Crippen LogP contribution is -1.98. The molecule has 0 aliphatic rings. The number of rotatable bonds is 5. The lowest BCUT2D eigenvalue weighted by Gasteiger charge is -2.07. The van der Waals surface area contributed by atoms with Crippen LogP contribution in [0.5, 0.6) is 5.88 Å². The Hall–Kier alpha value is -4.04. The number of nitro benzene ring substituents is 1. The van der Waals surface area contributed by atoms with Crippen molar-refractivity contribution in [3.8, 4) is 5.88 Å². The molecule has 0 atom stereocenters. The van der Waals surface area contributed by atoms with Crippen LogP contribution in [0, 0.1) is 10.1 Å². The quantitative estimate of drug-likeness (QED) is 0.240. The van der Waals surface area contributed by atoms with E-state index in [4.69, 9.17) is 11.6 Å². The zero-order chi connectivity index (χ0) is 22.0. The van der Waals surface area contributed by atoms with Gasteiger partial charge in [0.25, 0.3) is 11.6 Å². The Labute approximate surface area is 181 Å². The maximum Gasteiger partial charge on any atom is 0.296 e. The number of aromatic hydroxyl groups is 1. The van der Waals surface area contributed by atoms with Gasteiger partial charge in [-0.25, -0.2) is 0 Å². The first kappa shape index (κ1) is 20.2. The van der Waals surface area contributed by atoms with Gasteiger partial charge in [0.1, 0.15) is 0 Å². The molecule has 31 heavy (non-hydrogen) atoms. The number of nitro groups is 1. The summed E-state index contributed by atoms with van der Waals surface area (Å²) in [5, 5.41) is 30.2. The first-order chi connectivity index (χ1) is 15.0. The maximum absolute atomic E-state index is 12.4. The molecule has 1 heterocycles. The van der Waals surface area contributed by atoms with Crippen molar-refractivity contribution in [2.45, 2.75) is 6.54 Å². The molecule has 8 nitrogen and oxygen atoms in total. The lowest BCUT2D eigenvalue weighted by atomic mass is 10.2. The summed E-state index contributed by atoms with van der Waals surface area (Å²) in [6.07, 6.45) is 0. The minimum Gasteiger partial charge on any atom is -0.493 e. The second-order valence-corrected chi connectivity index (χ2v) is 7.09. The third-order valence-corrected chi connectivity index (χ3v) is 5.06. The van der Waals surface area contributed by atoms with Gasteiger partial charge in [0.15, 0.2) is 5.69 Å². The molecule has 0 spiro atoms. The summed E-state index contributed by atoms with van der Waals surface area (Å²) in [6, 6.07) is 19.9. The summed E-state index contributed by atoms with van der Waals surface area (Å²) in [7, 11) is 0. The van der Waals surface area contributed by atoms with E-state index in [9.17, 15) is 20.0 Å². The van der Waals surface area contributed by atoms with Crippen LogP contribution in [0.15, 0.2) is 83.0 Å². The number of hydrogen-bond acceptors (Lipinski definition) is 5. The number of non-ortho nitro benzene ring substituents is 1. The summed E-state index contributed by atoms with van der Waals surface area (Å²) in [6.45, 7) is 0.301. The second-order valence-electron chi connectivity index (χ2n) is 6.69. The first-order valence-corrected chi connectivity index (χ1v) is 9.57. The van der Waals surface area contributed by atoms with Crippen LogP contribution in [-0.4, -0.2) is 20.5 Å². The number of aromatic nitrogens is 1. The van der Waals surface area contributed by atoms with Gasteiger partial charge in [0, 0.05) is 17.5 Å². The molecule has 0 aliphatic heterocycles. The fraction of sp³-hybridized carbons (Fsp3) is 0.0455. The van der Waals surface area contributed by atoms with E-state index in [1.807, 2.05) is 30.3 Å². The molecule has 1 aromatic heterocycles. The normalized spacial score (nSPS) is 11.3. The first-order valence-electron chi connectivity index (χ1n) is 9.20. The van der Waals surface area contributed by atoms with E-state index in [-0.39, 0.29) is 27.8 Å². The SMILES string of the molecule is O=C(N=Nc1c(O)n(Cc2ccccc2)c2ccc([N+](=O)[O-])cc12)c1ccccc1Cl. The molecule has 3 aromatic carbocycles. The average molecular weight is 435 g/mol. The third-order valence-electron chi connectivity index (χ3n) is 4.73. The highest BCUT2D eigenvalue weighted by atomic mass is 35.5. The van der Waals surface area contributed by atoms with E-state index < -0.39 is 10.8 Å². The summed E-state index contributed by atoms with van der Waals surface area (Å²) in [5.41, 5.74) is 1.38. The number of amides is 1. The summed E-state index contributed by atoms with van der Waals surface area (Å²) in [4.78, 5) is 23.1. The molecule has 9 heteroatoms. The Morgan fingerprint density at radius 2 is 1.77 bits per heavy atom. The van der Waals surface area contributed by atoms with E-state index in [1.54, 1.807) is 22.8 Å². The van der Waals surface area contributed by atoms with E-state index >= 15 is 0 Å². The Kier molecular flexibility index (Phi) is 5.46. The molecule has 0 fully saturated rings. The Morgan fingerprint density at radius 1 is 1.06 bits per heavy atom. The van der Waals surface area contributed by atoms with Crippen LogP contribution < -0.4 is 0 Å². The fourth-order valence-electron chi connectivity index (χ4n) is 3.23. The van der Waals surface area contributed by atoms with Gasteiger partial charge in [0.2, 0.25) is 5.88 Å². The molecule has 4 aromatic rings. The predicted octanol–water partition coefficient (Wildman–Crippen LogP) is 5.88. The highest BCUT2D eigenvalue weighted by molar-refractivity contribution is 6.33. The second kappa shape index (κ2) is 8.37. The molecule has 0 unspecified atom stereocenters. The Morgan fingerprint density at radius 3 is 2.48 bits per heavy atom. The number of azo groups is 1. The van der Waals surface area contributed by atoms with Crippen LogP contribution in [0.1, 0.15) is 15.9 Å². The molecule has 0 bridgehead atoms. The van der Waals surface area contributed by atoms with Gasteiger partial charge in [0.05, 0.1) is 27.6 Å². The monoisotopic (exact) mass is 434 g/mol. The Balaban J connectivity index is 1.82. The molecule has 1 amide bonds. The van der Waals surface area contributed by atoms with Crippen molar-refractivity contribution in [3.63, 3.8) is 0 Å². The molecular formula is C22H15ClN4O4. The molecule has 0 radical (unpaired) electrons. The number of halogens is 1. The number of carbonyl (C=O) groups excluding carboxylic acids is 1. The van der Waals surface area contributed by atoms with Crippen molar-refractivity contribution in [2.75, 3.05) is 0 Å². The third kappa shape index (κ3) is 4.01. The standard InChI is InChI=1S/C22H15ClN4O4/c23-18-9-5-4-8-16(18)21(28)25-24-20-17-12-15(27(30)31)10-11-19(17)26(22(20)29)13-14-6-2-1-3-7-14/h1-12,29H,13H2. The topological polar surface area (TPSA) is 110 Å². The van der Waals surface area contributed by atoms with Crippen LogP contribution in [-0.2, 0) is 6.54 Å². The van der Waals surface area contributed by atoms with E-state index in [0.29, 0.717) is 17.4 Å². The van der Waals surface area contributed by atoms with Crippen LogP contribution in [0.25, 0.3) is 10.9 Å². The van der Waals surface area contributed by atoms with E-state index in [1.165, 1.54) is 24.3 Å². The maximum atomic E-state index is 12.4. The molecule has 0 saturated carbocycles.